The van der Waals surface area contributed by atoms with E-state index in [0.717, 1.165) is 5.56 Å². The van der Waals surface area contributed by atoms with Gasteiger partial charge >= 0.3 is 5.97 Å². The van der Waals surface area contributed by atoms with Crippen LogP contribution in [0.4, 0.5) is 0 Å². The number of amidine groups is 1. The molecule has 24 heavy (non-hydrogen) atoms. The zero-order valence-corrected chi connectivity index (χ0v) is 14.1. The number of halogens is 1. The van der Waals surface area contributed by atoms with Crippen LogP contribution in [-0.4, -0.2) is 33.8 Å². The lowest BCUT2D eigenvalue weighted by Crippen LogP contribution is -2.23. The van der Waals surface area contributed by atoms with E-state index in [2.05, 4.69) is 9.98 Å². The number of aromatic carboxylic acids is 1. The number of nitriles is 1. The summed E-state index contributed by atoms with van der Waals surface area (Å²) < 4.78 is 0. The fourth-order valence-electron chi connectivity index (χ4n) is 1.63. The Balaban J connectivity index is 0.000000272. The molecule has 0 atom stereocenters. The molecule has 1 aromatic heterocycles. The minimum Gasteiger partial charge on any atom is -0.478 e. The summed E-state index contributed by atoms with van der Waals surface area (Å²) in [5, 5.41) is 17.3. The second-order valence-corrected chi connectivity index (χ2v) is 5.16. The van der Waals surface area contributed by atoms with Gasteiger partial charge in [0.1, 0.15) is 11.0 Å². The summed E-state index contributed by atoms with van der Waals surface area (Å²) in [5.41, 5.74) is 1.35. The van der Waals surface area contributed by atoms with Gasteiger partial charge in [-0.2, -0.15) is 10.3 Å². The molecule has 6 nitrogen and oxygen atoms in total. The zero-order chi connectivity index (χ0) is 17.9. The number of nitrogens with zero attached hydrogens (tertiary/aromatic N) is 4. The predicted octanol–water partition coefficient (Wildman–Crippen LogP) is 3.45. The van der Waals surface area contributed by atoms with E-state index < -0.39 is 5.97 Å². The molecule has 0 aliphatic heterocycles. The van der Waals surface area contributed by atoms with Crippen molar-refractivity contribution in [2.75, 3.05) is 7.05 Å². The molecular formula is C17H17ClN4O2. The summed E-state index contributed by atoms with van der Waals surface area (Å²) >= 11 is 5.67. The molecule has 0 aliphatic carbocycles. The molecular weight excluding hydrogens is 328 g/mol. The van der Waals surface area contributed by atoms with Crippen molar-refractivity contribution in [3.63, 3.8) is 0 Å². The van der Waals surface area contributed by atoms with Gasteiger partial charge < -0.3 is 10.0 Å². The summed E-state index contributed by atoms with van der Waals surface area (Å²) in [7, 11) is 1.87. The summed E-state index contributed by atoms with van der Waals surface area (Å²) in [4.78, 5) is 19.7. The molecule has 1 N–H and O–H groups in total. The maximum absolute atomic E-state index is 10.2. The van der Waals surface area contributed by atoms with Crippen LogP contribution in [0.5, 0.6) is 0 Å². The van der Waals surface area contributed by atoms with Crippen molar-refractivity contribution in [3.8, 4) is 6.19 Å². The molecule has 124 valence electrons. The standard InChI is InChI=1S/C10H11ClN4.C7H6O2/c1-8(14-7-12)15(2)6-9-3-4-10(11)13-5-9;8-7(9)6-4-2-1-3-5-6/h3-5H,6H2,1-2H3;1-5H,(H,8,9)/b14-8+;. The molecule has 0 aliphatic rings. The number of carboxylic acids is 1. The zero-order valence-electron chi connectivity index (χ0n) is 13.3. The lowest BCUT2D eigenvalue weighted by Gasteiger charge is -2.17. The Morgan fingerprint density at radius 1 is 1.33 bits per heavy atom. The van der Waals surface area contributed by atoms with E-state index in [4.69, 9.17) is 22.0 Å². The topological polar surface area (TPSA) is 89.6 Å². The van der Waals surface area contributed by atoms with Crippen LogP contribution in [0.1, 0.15) is 22.8 Å². The van der Waals surface area contributed by atoms with Gasteiger partial charge in [0, 0.05) is 19.8 Å². The highest BCUT2D eigenvalue weighted by Crippen LogP contribution is 2.07. The number of aromatic nitrogens is 1. The Labute approximate surface area is 145 Å². The molecule has 0 unspecified atom stereocenters. The molecule has 0 bridgehead atoms. The van der Waals surface area contributed by atoms with Gasteiger partial charge in [-0.25, -0.2) is 9.78 Å². The van der Waals surface area contributed by atoms with Crippen LogP contribution in [0.15, 0.2) is 53.7 Å². The Bertz CT molecular complexity index is 725. The molecule has 1 heterocycles. The van der Waals surface area contributed by atoms with Gasteiger partial charge in [-0.1, -0.05) is 35.9 Å². The minimum atomic E-state index is -0.879. The summed E-state index contributed by atoms with van der Waals surface area (Å²) in [6.07, 6.45) is 3.46. The quantitative estimate of drug-likeness (QED) is 0.398. The number of carboxylic acid groups (broad SMARTS) is 1. The van der Waals surface area contributed by atoms with Crippen molar-refractivity contribution in [2.45, 2.75) is 13.5 Å². The van der Waals surface area contributed by atoms with Crippen molar-refractivity contribution < 1.29 is 9.90 Å². The van der Waals surface area contributed by atoms with E-state index in [9.17, 15) is 4.79 Å². The maximum atomic E-state index is 10.2. The monoisotopic (exact) mass is 344 g/mol. The molecule has 0 spiro atoms. The van der Waals surface area contributed by atoms with Crippen LogP contribution in [0.2, 0.25) is 5.15 Å². The van der Waals surface area contributed by atoms with Crippen LogP contribution in [0.3, 0.4) is 0 Å². The molecule has 2 rings (SSSR count). The van der Waals surface area contributed by atoms with Crippen LogP contribution in [0.25, 0.3) is 0 Å². The third-order valence-corrected chi connectivity index (χ3v) is 3.22. The second kappa shape index (κ2) is 9.98. The first-order valence-electron chi connectivity index (χ1n) is 6.97. The summed E-state index contributed by atoms with van der Waals surface area (Å²) in [5.74, 6) is -0.206. The Hall–Kier alpha value is -2.91. The fraction of sp³-hybridized carbons (Fsp3) is 0.176. The van der Waals surface area contributed by atoms with E-state index in [1.54, 1.807) is 55.7 Å². The van der Waals surface area contributed by atoms with E-state index in [-0.39, 0.29) is 0 Å². The number of carbonyl (C=O) groups is 1. The maximum Gasteiger partial charge on any atom is 0.335 e. The Morgan fingerprint density at radius 2 is 2.00 bits per heavy atom. The van der Waals surface area contributed by atoms with Crippen LogP contribution in [0, 0.1) is 11.5 Å². The molecule has 1 aromatic carbocycles. The molecule has 0 amide bonds. The largest absolute Gasteiger partial charge is 0.478 e. The van der Waals surface area contributed by atoms with E-state index in [1.165, 1.54) is 0 Å². The first kappa shape index (κ1) is 19.1. The highest BCUT2D eigenvalue weighted by molar-refractivity contribution is 6.29. The lowest BCUT2D eigenvalue weighted by molar-refractivity contribution is 0.0697. The molecule has 0 saturated heterocycles. The molecule has 0 fully saturated rings. The number of hydrogen-bond donors (Lipinski definition) is 1. The highest BCUT2D eigenvalue weighted by Gasteiger charge is 2.02. The average molecular weight is 345 g/mol. The van der Waals surface area contributed by atoms with E-state index >= 15 is 0 Å². The van der Waals surface area contributed by atoms with Gasteiger partial charge in [-0.3, -0.25) is 0 Å². The average Bonchev–Trinajstić information content (AvgIpc) is 2.58. The molecule has 7 heteroatoms. The van der Waals surface area contributed by atoms with Gasteiger partial charge in [0.15, 0.2) is 0 Å². The van der Waals surface area contributed by atoms with Crippen molar-refractivity contribution in [1.82, 2.24) is 9.88 Å². The third-order valence-electron chi connectivity index (χ3n) is 2.99. The lowest BCUT2D eigenvalue weighted by atomic mass is 10.2. The number of benzene rings is 1. The third kappa shape index (κ3) is 6.90. The molecule has 2 aromatic rings. The van der Waals surface area contributed by atoms with Crippen molar-refractivity contribution in [1.29, 1.82) is 5.26 Å². The van der Waals surface area contributed by atoms with Gasteiger partial charge in [0.25, 0.3) is 0 Å². The smallest absolute Gasteiger partial charge is 0.335 e. The Morgan fingerprint density at radius 3 is 2.46 bits per heavy atom. The second-order valence-electron chi connectivity index (χ2n) is 4.78. The van der Waals surface area contributed by atoms with Gasteiger partial charge in [0.2, 0.25) is 6.19 Å². The first-order chi connectivity index (χ1) is 11.4. The number of hydrogen-bond acceptors (Lipinski definition) is 4. The van der Waals surface area contributed by atoms with E-state index in [0.29, 0.717) is 23.1 Å². The van der Waals surface area contributed by atoms with Crippen LogP contribution < -0.4 is 0 Å². The van der Waals surface area contributed by atoms with Crippen molar-refractivity contribution in [2.24, 2.45) is 4.99 Å². The SMILES string of the molecule is C/C(=N\C#N)N(C)Cc1ccc(Cl)nc1.O=C(O)c1ccccc1. The summed E-state index contributed by atoms with van der Waals surface area (Å²) in [6, 6.07) is 11.9. The predicted molar refractivity (Wildman–Crippen MR) is 92.8 cm³/mol. The molecule has 0 radical (unpaired) electrons. The first-order valence-corrected chi connectivity index (χ1v) is 7.35. The number of pyridine rings is 1. The fourth-order valence-corrected chi connectivity index (χ4v) is 1.74. The molecule has 0 saturated carbocycles. The minimum absolute atomic E-state index is 0.331. The normalized spacial score (nSPS) is 10.2. The van der Waals surface area contributed by atoms with Crippen LogP contribution in [-0.2, 0) is 6.54 Å². The van der Waals surface area contributed by atoms with Gasteiger partial charge in [-0.15, -0.1) is 0 Å². The Kier molecular flexibility index (Phi) is 7.96. The van der Waals surface area contributed by atoms with Crippen LogP contribution >= 0.6 is 11.6 Å². The van der Waals surface area contributed by atoms with E-state index in [1.807, 2.05) is 18.0 Å². The van der Waals surface area contributed by atoms with Gasteiger partial charge in [-0.05, 0) is 30.7 Å². The number of rotatable bonds is 3. The van der Waals surface area contributed by atoms with Crippen molar-refractivity contribution >= 4 is 23.4 Å². The number of aliphatic imine (C=N–C) groups is 1. The van der Waals surface area contributed by atoms with Gasteiger partial charge in [0.05, 0.1) is 5.56 Å². The van der Waals surface area contributed by atoms with Crippen molar-refractivity contribution in [3.05, 3.63) is 64.9 Å². The highest BCUT2D eigenvalue weighted by atomic mass is 35.5. The summed E-state index contributed by atoms with van der Waals surface area (Å²) in [6.45, 7) is 2.44.